The van der Waals surface area contributed by atoms with Gasteiger partial charge in [-0.2, -0.15) is 0 Å². The van der Waals surface area contributed by atoms with Gasteiger partial charge in [-0.25, -0.2) is 4.79 Å². The lowest BCUT2D eigenvalue weighted by molar-refractivity contribution is 0.217. The van der Waals surface area contributed by atoms with Gasteiger partial charge >= 0.3 is 6.03 Å². The van der Waals surface area contributed by atoms with Crippen LogP contribution in [0.15, 0.2) is 29.4 Å². The van der Waals surface area contributed by atoms with Crippen LogP contribution in [0, 0.1) is 0 Å². The fourth-order valence-electron chi connectivity index (χ4n) is 1.56. The van der Waals surface area contributed by atoms with Crippen LogP contribution in [0.3, 0.4) is 0 Å². The quantitative estimate of drug-likeness (QED) is 0.319. The summed E-state index contributed by atoms with van der Waals surface area (Å²) < 4.78 is 5.31. The number of carbonyl (C=O) groups excluding carboxylic acids is 1. The third-order valence-electron chi connectivity index (χ3n) is 2.65. The topological polar surface area (TPSA) is 100 Å². The summed E-state index contributed by atoms with van der Waals surface area (Å²) in [6.45, 7) is 5.09. The van der Waals surface area contributed by atoms with E-state index in [1.54, 1.807) is 29.2 Å². The van der Waals surface area contributed by atoms with E-state index in [9.17, 15) is 4.79 Å². The number of amides is 2. The molecule has 7 heteroatoms. The Morgan fingerprint density at radius 1 is 1.45 bits per heavy atom. The fraction of sp³-hybridized carbons (Fsp3) is 0.385. The van der Waals surface area contributed by atoms with Gasteiger partial charge < -0.3 is 25.9 Å². The predicted octanol–water partition coefficient (Wildman–Crippen LogP) is 1.69. The van der Waals surface area contributed by atoms with Gasteiger partial charge in [-0.3, -0.25) is 0 Å². The average molecular weight is 280 g/mol. The number of carbonyl (C=O) groups is 1. The number of nitrogens with one attached hydrogen (secondary N) is 1. The van der Waals surface area contributed by atoms with Crippen molar-refractivity contribution in [1.29, 1.82) is 0 Å². The summed E-state index contributed by atoms with van der Waals surface area (Å²) in [6.07, 6.45) is 0. The van der Waals surface area contributed by atoms with Crippen LogP contribution < -0.4 is 15.8 Å². The second kappa shape index (κ2) is 7.88. The maximum absolute atomic E-state index is 11.9. The number of ether oxygens (including phenoxy) is 1. The van der Waals surface area contributed by atoms with Crippen molar-refractivity contribution in [2.24, 2.45) is 10.9 Å². The van der Waals surface area contributed by atoms with E-state index < -0.39 is 0 Å². The molecule has 0 radical (unpaired) electrons. The smallest absolute Gasteiger partial charge is 0.321 e. The Hall–Kier alpha value is -2.44. The van der Waals surface area contributed by atoms with Gasteiger partial charge in [0.2, 0.25) is 0 Å². The minimum Gasteiger partial charge on any atom is -0.485 e. The van der Waals surface area contributed by atoms with Crippen molar-refractivity contribution in [1.82, 2.24) is 4.90 Å². The van der Waals surface area contributed by atoms with Crippen molar-refractivity contribution in [2.75, 3.05) is 25.0 Å². The van der Waals surface area contributed by atoms with Crippen LogP contribution in [0.5, 0.6) is 5.75 Å². The van der Waals surface area contributed by atoms with Crippen molar-refractivity contribution in [3.8, 4) is 5.75 Å². The molecule has 0 atom stereocenters. The number of rotatable bonds is 6. The summed E-state index contributed by atoms with van der Waals surface area (Å²) in [5.41, 5.74) is 5.94. The zero-order valence-electron chi connectivity index (χ0n) is 11.7. The Labute approximate surface area is 118 Å². The molecule has 4 N–H and O–H groups in total. The summed E-state index contributed by atoms with van der Waals surface area (Å²) in [5.74, 6) is 0.497. The van der Waals surface area contributed by atoms with Crippen molar-refractivity contribution in [3.05, 3.63) is 24.3 Å². The van der Waals surface area contributed by atoms with Gasteiger partial charge in [0.15, 0.2) is 5.84 Å². The van der Waals surface area contributed by atoms with E-state index in [4.69, 9.17) is 15.7 Å². The van der Waals surface area contributed by atoms with Crippen molar-refractivity contribution >= 4 is 17.6 Å². The molecule has 0 heterocycles. The maximum atomic E-state index is 11.9. The van der Waals surface area contributed by atoms with Crippen molar-refractivity contribution in [2.45, 2.75) is 13.8 Å². The molecule has 0 aromatic heterocycles. The molecular weight excluding hydrogens is 260 g/mol. The molecule has 0 saturated carbocycles. The van der Waals surface area contributed by atoms with E-state index in [1.165, 1.54) is 0 Å². The lowest BCUT2D eigenvalue weighted by atomic mass is 10.3. The van der Waals surface area contributed by atoms with E-state index in [-0.39, 0.29) is 18.5 Å². The Bertz CT molecular complexity index is 472. The molecule has 1 aromatic rings. The molecule has 0 fully saturated rings. The number of benzene rings is 1. The van der Waals surface area contributed by atoms with Gasteiger partial charge in [-0.1, -0.05) is 11.2 Å². The number of hydrogen-bond donors (Lipinski definition) is 3. The molecule has 0 aliphatic carbocycles. The van der Waals surface area contributed by atoms with Crippen LogP contribution in [0.4, 0.5) is 10.5 Å². The first-order chi connectivity index (χ1) is 9.60. The van der Waals surface area contributed by atoms with E-state index in [0.717, 1.165) is 0 Å². The van der Waals surface area contributed by atoms with Gasteiger partial charge in [-0.15, -0.1) is 0 Å². The van der Waals surface area contributed by atoms with Crippen LogP contribution in [-0.4, -0.2) is 41.7 Å². The highest BCUT2D eigenvalue weighted by Crippen LogP contribution is 2.17. The monoisotopic (exact) mass is 280 g/mol. The first-order valence-electron chi connectivity index (χ1n) is 6.35. The molecule has 1 aromatic carbocycles. The Morgan fingerprint density at radius 3 is 2.75 bits per heavy atom. The van der Waals surface area contributed by atoms with Gasteiger partial charge in [0, 0.05) is 24.8 Å². The lowest BCUT2D eigenvalue weighted by Gasteiger charge is -2.19. The molecular formula is C13H20N4O3. The fourth-order valence-corrected chi connectivity index (χ4v) is 1.56. The van der Waals surface area contributed by atoms with E-state index in [2.05, 4.69) is 10.5 Å². The average Bonchev–Trinajstić information content (AvgIpc) is 2.46. The summed E-state index contributed by atoms with van der Waals surface area (Å²) in [4.78, 5) is 13.6. The summed E-state index contributed by atoms with van der Waals surface area (Å²) in [6, 6.07) is 6.74. The first kappa shape index (κ1) is 15.6. The molecule has 20 heavy (non-hydrogen) atoms. The highest BCUT2D eigenvalue weighted by Gasteiger charge is 2.09. The first-order valence-corrected chi connectivity index (χ1v) is 6.35. The van der Waals surface area contributed by atoms with Crippen molar-refractivity contribution in [3.63, 3.8) is 0 Å². The van der Waals surface area contributed by atoms with Crippen LogP contribution in [0.25, 0.3) is 0 Å². The van der Waals surface area contributed by atoms with Crippen LogP contribution in [0.1, 0.15) is 13.8 Å². The second-order valence-electron chi connectivity index (χ2n) is 4.01. The Morgan fingerprint density at radius 2 is 2.15 bits per heavy atom. The van der Waals surface area contributed by atoms with E-state index >= 15 is 0 Å². The number of urea groups is 1. The van der Waals surface area contributed by atoms with Crippen LogP contribution in [0.2, 0.25) is 0 Å². The zero-order valence-corrected chi connectivity index (χ0v) is 11.7. The van der Waals surface area contributed by atoms with Crippen molar-refractivity contribution < 1.29 is 14.7 Å². The largest absolute Gasteiger partial charge is 0.485 e. The molecule has 0 bridgehead atoms. The molecule has 0 spiro atoms. The Balaban J connectivity index is 2.66. The van der Waals surface area contributed by atoms with E-state index in [1.807, 2.05) is 13.8 Å². The standard InChI is InChI=1S/C13H20N4O3/c1-3-17(4-2)13(18)15-10-6-5-7-11(8-10)20-9-12(14)16-19/h5-8,19H,3-4,9H2,1-2H3,(H2,14,16)(H,15,18). The molecule has 0 aliphatic heterocycles. The van der Waals surface area contributed by atoms with Gasteiger partial charge in [0.1, 0.15) is 12.4 Å². The molecule has 2 amide bonds. The molecule has 0 aliphatic rings. The second-order valence-corrected chi connectivity index (χ2v) is 4.01. The summed E-state index contributed by atoms with van der Waals surface area (Å²) in [5, 5.41) is 14.0. The normalized spacial score (nSPS) is 11.0. The lowest BCUT2D eigenvalue weighted by Crippen LogP contribution is -2.34. The number of nitrogens with zero attached hydrogens (tertiary/aromatic N) is 2. The molecule has 1 rings (SSSR count). The van der Waals surface area contributed by atoms with Gasteiger partial charge in [0.25, 0.3) is 0 Å². The summed E-state index contributed by atoms with van der Waals surface area (Å²) >= 11 is 0. The van der Waals surface area contributed by atoms with Crippen LogP contribution in [-0.2, 0) is 0 Å². The van der Waals surface area contributed by atoms with Gasteiger partial charge in [-0.05, 0) is 26.0 Å². The number of anilines is 1. The SMILES string of the molecule is CCN(CC)C(=O)Nc1cccc(OCC(N)=NO)c1. The minimum atomic E-state index is -0.163. The molecule has 0 unspecified atom stereocenters. The van der Waals surface area contributed by atoms with E-state index in [0.29, 0.717) is 24.5 Å². The zero-order chi connectivity index (χ0) is 15.0. The Kier molecular flexibility index (Phi) is 6.15. The maximum Gasteiger partial charge on any atom is 0.321 e. The number of nitrogens with two attached hydrogens (primary N) is 1. The molecule has 7 nitrogen and oxygen atoms in total. The number of amidine groups is 1. The molecule has 0 saturated heterocycles. The number of hydrogen-bond acceptors (Lipinski definition) is 4. The number of oxime groups is 1. The van der Waals surface area contributed by atoms with Crippen LogP contribution >= 0.6 is 0 Å². The summed E-state index contributed by atoms with van der Waals surface area (Å²) in [7, 11) is 0. The predicted molar refractivity (Wildman–Crippen MR) is 77.3 cm³/mol. The third kappa shape index (κ3) is 4.68. The third-order valence-corrected chi connectivity index (χ3v) is 2.65. The van der Waals surface area contributed by atoms with Gasteiger partial charge in [0.05, 0.1) is 0 Å². The minimum absolute atomic E-state index is 0.0239. The molecule has 110 valence electrons. The highest BCUT2D eigenvalue weighted by molar-refractivity contribution is 5.89. The highest BCUT2D eigenvalue weighted by atomic mass is 16.5.